The molecule has 0 amide bonds. The Morgan fingerprint density at radius 2 is 2.00 bits per heavy atom. The van der Waals surface area contributed by atoms with E-state index in [1.807, 2.05) is 12.1 Å². The monoisotopic (exact) mass is 301 g/mol. The molecule has 0 N–H and O–H groups in total. The van der Waals surface area contributed by atoms with Gasteiger partial charge in [-0.2, -0.15) is 4.98 Å². The van der Waals surface area contributed by atoms with Crippen molar-refractivity contribution in [1.29, 1.82) is 0 Å². The van der Waals surface area contributed by atoms with Crippen LogP contribution in [0.1, 0.15) is 31.0 Å². The summed E-state index contributed by atoms with van der Waals surface area (Å²) in [5, 5.41) is 0. The largest absolute Gasteiger partial charge is 0.473 e. The van der Waals surface area contributed by atoms with Crippen molar-refractivity contribution in [3.05, 3.63) is 47.4 Å². The molecule has 1 fully saturated rings. The zero-order chi connectivity index (χ0) is 15.4. The number of anilines is 1. The fraction of sp³-hybridized carbons (Fsp3) is 0.412. The first-order valence-electron chi connectivity index (χ1n) is 7.75. The molecular formula is C17H20FN3O. The predicted octanol–water partition coefficient (Wildman–Crippen LogP) is 3.36. The van der Waals surface area contributed by atoms with E-state index in [1.54, 1.807) is 6.07 Å². The summed E-state index contributed by atoms with van der Waals surface area (Å²) >= 11 is 0. The fourth-order valence-electron chi connectivity index (χ4n) is 2.56. The minimum atomic E-state index is -0.254. The van der Waals surface area contributed by atoms with Gasteiger partial charge in [-0.25, -0.2) is 9.37 Å². The summed E-state index contributed by atoms with van der Waals surface area (Å²) in [6, 6.07) is 8.28. The number of aromatic nitrogens is 2. The standard InChI is InChI=1S/C17H20FN3O/c1-2-15-11-16(20-17(19-15)21-8-3-4-9-21)22-12-13-6-5-7-14(18)10-13/h5-7,10-11H,2-4,8-9,12H2,1H3. The molecule has 0 aliphatic carbocycles. The second kappa shape index (κ2) is 6.73. The number of halogens is 1. The molecule has 2 heterocycles. The lowest BCUT2D eigenvalue weighted by Crippen LogP contribution is -2.21. The van der Waals surface area contributed by atoms with Crippen LogP contribution in [0.4, 0.5) is 10.3 Å². The van der Waals surface area contributed by atoms with Crippen molar-refractivity contribution in [2.75, 3.05) is 18.0 Å². The Bertz CT molecular complexity index is 642. The zero-order valence-electron chi connectivity index (χ0n) is 12.8. The average molecular weight is 301 g/mol. The van der Waals surface area contributed by atoms with Gasteiger partial charge in [-0.15, -0.1) is 0 Å². The van der Waals surface area contributed by atoms with Gasteiger partial charge in [0.25, 0.3) is 0 Å². The van der Waals surface area contributed by atoms with Gasteiger partial charge in [0.2, 0.25) is 11.8 Å². The van der Waals surface area contributed by atoms with Crippen LogP contribution in [0.5, 0.6) is 5.88 Å². The zero-order valence-corrected chi connectivity index (χ0v) is 12.8. The minimum Gasteiger partial charge on any atom is -0.473 e. The first-order valence-corrected chi connectivity index (χ1v) is 7.75. The van der Waals surface area contributed by atoms with Gasteiger partial charge in [0, 0.05) is 24.8 Å². The summed E-state index contributed by atoms with van der Waals surface area (Å²) in [6.07, 6.45) is 3.19. The third-order valence-corrected chi connectivity index (χ3v) is 3.77. The smallest absolute Gasteiger partial charge is 0.228 e. The van der Waals surface area contributed by atoms with E-state index in [9.17, 15) is 4.39 Å². The molecule has 0 atom stereocenters. The molecule has 1 aliphatic rings. The van der Waals surface area contributed by atoms with Gasteiger partial charge in [0.1, 0.15) is 12.4 Å². The molecule has 1 aromatic heterocycles. The van der Waals surface area contributed by atoms with Crippen molar-refractivity contribution in [2.45, 2.75) is 32.8 Å². The molecule has 1 saturated heterocycles. The summed E-state index contributed by atoms with van der Waals surface area (Å²) < 4.78 is 18.9. The van der Waals surface area contributed by atoms with Gasteiger partial charge in [-0.05, 0) is 37.0 Å². The van der Waals surface area contributed by atoms with Gasteiger partial charge in [-0.3, -0.25) is 0 Å². The Morgan fingerprint density at radius 3 is 2.73 bits per heavy atom. The maximum atomic E-state index is 13.2. The van der Waals surface area contributed by atoms with Crippen molar-refractivity contribution in [2.24, 2.45) is 0 Å². The summed E-state index contributed by atoms with van der Waals surface area (Å²) in [7, 11) is 0. The van der Waals surface area contributed by atoms with Crippen LogP contribution in [0.25, 0.3) is 0 Å². The van der Waals surface area contributed by atoms with Crippen molar-refractivity contribution < 1.29 is 9.13 Å². The lowest BCUT2D eigenvalue weighted by Gasteiger charge is -2.17. The van der Waals surface area contributed by atoms with Crippen molar-refractivity contribution in [3.63, 3.8) is 0 Å². The number of hydrogen-bond donors (Lipinski definition) is 0. The van der Waals surface area contributed by atoms with E-state index in [0.717, 1.165) is 36.7 Å². The van der Waals surface area contributed by atoms with E-state index >= 15 is 0 Å². The van der Waals surface area contributed by atoms with E-state index in [2.05, 4.69) is 21.8 Å². The maximum Gasteiger partial charge on any atom is 0.228 e. The lowest BCUT2D eigenvalue weighted by molar-refractivity contribution is 0.292. The van der Waals surface area contributed by atoms with E-state index < -0.39 is 0 Å². The molecular weight excluding hydrogens is 281 g/mol. The SMILES string of the molecule is CCc1cc(OCc2cccc(F)c2)nc(N2CCCC2)n1. The van der Waals surface area contributed by atoms with Crippen LogP contribution < -0.4 is 9.64 Å². The Balaban J connectivity index is 1.76. The second-order valence-electron chi connectivity index (χ2n) is 5.46. The third kappa shape index (κ3) is 3.53. The van der Waals surface area contributed by atoms with E-state index in [4.69, 9.17) is 4.74 Å². The predicted molar refractivity (Wildman–Crippen MR) is 83.6 cm³/mol. The number of nitrogens with zero attached hydrogens (tertiary/aromatic N) is 3. The van der Waals surface area contributed by atoms with Gasteiger partial charge < -0.3 is 9.64 Å². The Hall–Kier alpha value is -2.17. The summed E-state index contributed by atoms with van der Waals surface area (Å²) in [4.78, 5) is 11.3. The molecule has 4 nitrogen and oxygen atoms in total. The number of aryl methyl sites for hydroxylation is 1. The number of ether oxygens (including phenoxy) is 1. The van der Waals surface area contributed by atoms with Gasteiger partial charge in [-0.1, -0.05) is 19.1 Å². The molecule has 3 rings (SSSR count). The number of benzene rings is 1. The Labute approximate surface area is 130 Å². The summed E-state index contributed by atoms with van der Waals surface area (Å²) in [5.74, 6) is 1.04. The molecule has 1 aromatic carbocycles. The van der Waals surface area contributed by atoms with Crippen LogP contribution in [0.15, 0.2) is 30.3 Å². The Morgan fingerprint density at radius 1 is 1.18 bits per heavy atom. The normalized spacial score (nSPS) is 14.4. The maximum absolute atomic E-state index is 13.2. The fourth-order valence-corrected chi connectivity index (χ4v) is 2.56. The summed E-state index contributed by atoms with van der Waals surface area (Å²) in [5.41, 5.74) is 1.76. The molecule has 22 heavy (non-hydrogen) atoms. The van der Waals surface area contributed by atoms with Crippen LogP contribution in [0.2, 0.25) is 0 Å². The number of rotatable bonds is 5. The lowest BCUT2D eigenvalue weighted by atomic mass is 10.2. The number of hydrogen-bond acceptors (Lipinski definition) is 4. The van der Waals surface area contributed by atoms with Gasteiger partial charge in [0.15, 0.2) is 0 Å². The first kappa shape index (κ1) is 14.8. The third-order valence-electron chi connectivity index (χ3n) is 3.77. The van der Waals surface area contributed by atoms with E-state index in [-0.39, 0.29) is 5.82 Å². The van der Waals surface area contributed by atoms with Crippen LogP contribution in [0, 0.1) is 5.82 Å². The van der Waals surface area contributed by atoms with E-state index in [1.165, 1.54) is 25.0 Å². The van der Waals surface area contributed by atoms with Crippen LogP contribution in [-0.2, 0) is 13.0 Å². The summed E-state index contributed by atoms with van der Waals surface area (Å²) in [6.45, 7) is 4.36. The molecule has 2 aromatic rings. The van der Waals surface area contributed by atoms with Crippen molar-refractivity contribution in [3.8, 4) is 5.88 Å². The molecule has 0 spiro atoms. The highest BCUT2D eigenvalue weighted by Crippen LogP contribution is 2.21. The van der Waals surface area contributed by atoms with Crippen molar-refractivity contribution in [1.82, 2.24) is 9.97 Å². The molecule has 1 aliphatic heterocycles. The molecule has 0 unspecified atom stereocenters. The highest BCUT2D eigenvalue weighted by molar-refractivity contribution is 5.35. The van der Waals surface area contributed by atoms with Crippen molar-refractivity contribution >= 4 is 5.95 Å². The molecule has 0 saturated carbocycles. The van der Waals surface area contributed by atoms with Gasteiger partial charge >= 0.3 is 0 Å². The molecule has 5 heteroatoms. The average Bonchev–Trinajstić information content (AvgIpc) is 3.07. The van der Waals surface area contributed by atoms with Crippen LogP contribution in [0.3, 0.4) is 0 Å². The molecule has 116 valence electrons. The highest BCUT2D eigenvalue weighted by atomic mass is 19.1. The quantitative estimate of drug-likeness (QED) is 0.849. The highest BCUT2D eigenvalue weighted by Gasteiger charge is 2.16. The van der Waals surface area contributed by atoms with Gasteiger partial charge in [0.05, 0.1) is 0 Å². The van der Waals surface area contributed by atoms with Crippen LogP contribution in [-0.4, -0.2) is 23.1 Å². The van der Waals surface area contributed by atoms with Crippen LogP contribution >= 0.6 is 0 Å². The minimum absolute atomic E-state index is 0.254. The molecule has 0 radical (unpaired) electrons. The molecule has 0 bridgehead atoms. The second-order valence-corrected chi connectivity index (χ2v) is 5.46. The topological polar surface area (TPSA) is 38.2 Å². The Kier molecular flexibility index (Phi) is 4.51. The van der Waals surface area contributed by atoms with E-state index in [0.29, 0.717) is 12.5 Å². The first-order chi connectivity index (χ1) is 10.7.